The topological polar surface area (TPSA) is 86.6 Å². The fraction of sp³-hybridized carbons (Fsp3) is 0.375. The first-order valence-corrected chi connectivity index (χ1v) is 10.7. The molecule has 182 valence electrons. The second-order valence-electron chi connectivity index (χ2n) is 7.92. The number of rotatable bonds is 9. The molecule has 0 bridgehead atoms. The maximum atomic E-state index is 12.7. The van der Waals surface area contributed by atoms with Gasteiger partial charge in [-0.2, -0.15) is 13.2 Å². The van der Waals surface area contributed by atoms with Crippen LogP contribution in [0, 0.1) is 13.8 Å². The summed E-state index contributed by atoms with van der Waals surface area (Å²) >= 11 is 0. The Morgan fingerprint density at radius 1 is 1.21 bits per heavy atom. The van der Waals surface area contributed by atoms with Crippen LogP contribution in [0.5, 0.6) is 0 Å². The van der Waals surface area contributed by atoms with Gasteiger partial charge in [-0.25, -0.2) is 4.79 Å². The van der Waals surface area contributed by atoms with Crippen LogP contribution in [0.1, 0.15) is 44.9 Å². The van der Waals surface area contributed by atoms with E-state index < -0.39 is 24.5 Å². The van der Waals surface area contributed by atoms with Crippen LogP contribution in [-0.2, 0) is 20.8 Å². The lowest BCUT2D eigenvalue weighted by atomic mass is 10.1. The van der Waals surface area contributed by atoms with Crippen LogP contribution in [-0.4, -0.2) is 47.6 Å². The zero-order chi connectivity index (χ0) is 24.9. The second kappa shape index (κ2) is 10.7. The molecule has 0 radical (unpaired) electrons. The van der Waals surface area contributed by atoms with E-state index in [9.17, 15) is 27.6 Å². The molecule has 34 heavy (non-hydrogen) atoms. The van der Waals surface area contributed by atoms with E-state index in [1.807, 2.05) is 18.4 Å². The number of esters is 1. The van der Waals surface area contributed by atoms with E-state index in [1.54, 1.807) is 12.1 Å². The van der Waals surface area contributed by atoms with E-state index in [0.29, 0.717) is 18.2 Å². The molecule has 1 saturated heterocycles. The Labute approximate surface area is 194 Å². The van der Waals surface area contributed by atoms with Crippen molar-refractivity contribution in [2.45, 2.75) is 45.5 Å². The van der Waals surface area contributed by atoms with Crippen molar-refractivity contribution in [3.05, 3.63) is 65.1 Å². The first-order valence-electron chi connectivity index (χ1n) is 10.7. The van der Waals surface area contributed by atoms with Crippen molar-refractivity contribution >= 4 is 23.2 Å². The van der Waals surface area contributed by atoms with Crippen molar-refractivity contribution in [3.63, 3.8) is 0 Å². The van der Waals surface area contributed by atoms with E-state index in [0.717, 1.165) is 37.0 Å². The molecule has 2 heterocycles. The Bertz CT molecular complexity index is 1100. The SMILES string of the molecule is Cc1cc(C(=O)COC(=O)c2ccccc2N/C=C/C(=O)C(F)(F)F)c(C)n1CC1CCCO1. The number of nitrogens with one attached hydrogen (secondary N) is 1. The Hall–Kier alpha value is -3.40. The number of halogens is 3. The highest BCUT2D eigenvalue weighted by Crippen LogP contribution is 2.22. The van der Waals surface area contributed by atoms with E-state index in [4.69, 9.17) is 9.47 Å². The highest BCUT2D eigenvalue weighted by Gasteiger charge is 2.36. The standard InChI is InChI=1S/C24H25F3N2O5/c1-15-12-19(16(2)29(15)13-17-6-5-11-33-17)21(30)14-34-23(32)18-7-3-4-8-20(18)28-10-9-22(31)24(25,26)27/h3-4,7-10,12,17,28H,5-6,11,13-14H2,1-2H3/b10-9+. The quantitative estimate of drug-likeness (QED) is 0.327. The average molecular weight is 478 g/mol. The molecule has 1 N–H and O–H groups in total. The number of anilines is 1. The van der Waals surface area contributed by atoms with Crippen molar-refractivity contribution in [1.82, 2.24) is 4.57 Å². The van der Waals surface area contributed by atoms with Gasteiger partial charge in [0.05, 0.1) is 17.4 Å². The van der Waals surface area contributed by atoms with Gasteiger partial charge in [0.15, 0.2) is 6.61 Å². The lowest BCUT2D eigenvalue weighted by Crippen LogP contribution is -2.20. The number of carbonyl (C=O) groups excluding carboxylic acids is 3. The Kier molecular flexibility index (Phi) is 7.93. The van der Waals surface area contributed by atoms with Crippen LogP contribution in [0.2, 0.25) is 0 Å². The molecule has 3 rings (SSSR count). The number of hydrogen-bond donors (Lipinski definition) is 1. The molecule has 1 aromatic carbocycles. The zero-order valence-electron chi connectivity index (χ0n) is 18.8. The lowest BCUT2D eigenvalue weighted by molar-refractivity contribution is -0.165. The molecular formula is C24H25F3N2O5. The van der Waals surface area contributed by atoms with Gasteiger partial charge in [0.25, 0.3) is 5.78 Å². The van der Waals surface area contributed by atoms with Crippen LogP contribution in [0.25, 0.3) is 0 Å². The van der Waals surface area contributed by atoms with Gasteiger partial charge < -0.3 is 19.4 Å². The second-order valence-corrected chi connectivity index (χ2v) is 7.92. The molecule has 1 aromatic heterocycles. The van der Waals surface area contributed by atoms with Crippen molar-refractivity contribution in [2.24, 2.45) is 0 Å². The van der Waals surface area contributed by atoms with Gasteiger partial charge in [-0.1, -0.05) is 12.1 Å². The molecule has 7 nitrogen and oxygen atoms in total. The Morgan fingerprint density at radius 3 is 2.62 bits per heavy atom. The molecule has 1 aliphatic rings. The van der Waals surface area contributed by atoms with Gasteiger partial charge in [0.2, 0.25) is 5.78 Å². The number of aromatic nitrogens is 1. The molecule has 0 amide bonds. The van der Waals surface area contributed by atoms with Crippen LogP contribution in [0.3, 0.4) is 0 Å². The number of benzene rings is 1. The van der Waals surface area contributed by atoms with Crippen LogP contribution in [0.15, 0.2) is 42.6 Å². The third-order valence-electron chi connectivity index (χ3n) is 5.52. The van der Waals surface area contributed by atoms with Crippen LogP contribution in [0.4, 0.5) is 18.9 Å². The number of para-hydroxylation sites is 1. The maximum Gasteiger partial charge on any atom is 0.454 e. The first-order chi connectivity index (χ1) is 16.1. The van der Waals surface area contributed by atoms with Crippen molar-refractivity contribution in [1.29, 1.82) is 0 Å². The highest BCUT2D eigenvalue weighted by atomic mass is 19.4. The molecule has 0 aliphatic carbocycles. The molecule has 1 unspecified atom stereocenters. The van der Waals surface area contributed by atoms with Crippen molar-refractivity contribution in [3.8, 4) is 0 Å². The highest BCUT2D eigenvalue weighted by molar-refractivity contribution is 6.02. The summed E-state index contributed by atoms with van der Waals surface area (Å²) < 4.78 is 49.8. The minimum atomic E-state index is -4.99. The largest absolute Gasteiger partial charge is 0.454 e. The molecule has 2 aromatic rings. The van der Waals surface area contributed by atoms with Crippen molar-refractivity contribution < 1.29 is 37.0 Å². The maximum absolute atomic E-state index is 12.7. The van der Waals surface area contributed by atoms with E-state index in [2.05, 4.69) is 5.32 Å². The summed E-state index contributed by atoms with van der Waals surface area (Å²) in [5, 5.41) is 2.47. The first kappa shape index (κ1) is 25.2. The van der Waals surface area contributed by atoms with Crippen LogP contribution >= 0.6 is 0 Å². The van der Waals surface area contributed by atoms with Gasteiger partial charge in [-0.15, -0.1) is 0 Å². The molecule has 1 atom stereocenters. The van der Waals surface area contributed by atoms with Gasteiger partial charge in [0, 0.05) is 42.4 Å². The monoisotopic (exact) mass is 478 g/mol. The van der Waals surface area contributed by atoms with Crippen molar-refractivity contribution in [2.75, 3.05) is 18.5 Å². The Balaban J connectivity index is 1.63. The predicted molar refractivity (Wildman–Crippen MR) is 118 cm³/mol. The van der Waals surface area contributed by atoms with Crippen LogP contribution < -0.4 is 5.32 Å². The average Bonchev–Trinajstić information content (AvgIpc) is 3.40. The molecular weight excluding hydrogens is 453 g/mol. The number of nitrogens with zero attached hydrogens (tertiary/aromatic N) is 1. The normalized spacial score (nSPS) is 16.1. The summed E-state index contributed by atoms with van der Waals surface area (Å²) in [6.07, 6.45) is -1.80. The molecule has 1 fully saturated rings. The number of aryl methyl sites for hydroxylation is 1. The Morgan fingerprint density at radius 2 is 1.94 bits per heavy atom. The minimum absolute atomic E-state index is 0.00302. The van der Waals surface area contributed by atoms with Gasteiger partial charge in [-0.05, 0) is 44.9 Å². The minimum Gasteiger partial charge on any atom is -0.454 e. The smallest absolute Gasteiger partial charge is 0.454 e. The summed E-state index contributed by atoms with van der Waals surface area (Å²) in [6, 6.07) is 7.65. The lowest BCUT2D eigenvalue weighted by Gasteiger charge is -2.14. The summed E-state index contributed by atoms with van der Waals surface area (Å²) in [5.74, 6) is -3.25. The number of carbonyl (C=O) groups is 3. The zero-order valence-corrected chi connectivity index (χ0v) is 18.8. The van der Waals surface area contributed by atoms with E-state index in [-0.39, 0.29) is 23.1 Å². The third kappa shape index (κ3) is 6.13. The third-order valence-corrected chi connectivity index (χ3v) is 5.52. The van der Waals surface area contributed by atoms with Gasteiger partial charge in [-0.3, -0.25) is 9.59 Å². The number of Topliss-reactive ketones (excluding diaryl/α,β-unsaturated/α-hetero) is 1. The number of hydrogen-bond acceptors (Lipinski definition) is 6. The summed E-state index contributed by atoms with van der Waals surface area (Å²) in [4.78, 5) is 36.2. The molecule has 10 heteroatoms. The predicted octanol–water partition coefficient (Wildman–Crippen LogP) is 4.38. The molecule has 0 saturated carbocycles. The van der Waals surface area contributed by atoms with Gasteiger partial charge >= 0.3 is 12.1 Å². The van der Waals surface area contributed by atoms with E-state index >= 15 is 0 Å². The fourth-order valence-corrected chi connectivity index (χ4v) is 3.73. The summed E-state index contributed by atoms with van der Waals surface area (Å²) in [6.45, 7) is 4.60. The van der Waals surface area contributed by atoms with E-state index in [1.165, 1.54) is 18.2 Å². The number of ketones is 2. The summed E-state index contributed by atoms with van der Waals surface area (Å²) in [7, 11) is 0. The number of alkyl halides is 3. The number of ether oxygens (including phenoxy) is 2. The molecule has 1 aliphatic heterocycles. The molecule has 0 spiro atoms. The summed E-state index contributed by atoms with van der Waals surface area (Å²) in [5.41, 5.74) is 2.24. The number of allylic oxidation sites excluding steroid dienone is 1. The fourth-order valence-electron chi connectivity index (χ4n) is 3.73. The van der Waals surface area contributed by atoms with Gasteiger partial charge in [0.1, 0.15) is 0 Å².